The molecule has 1 aliphatic heterocycles. The zero-order valence-corrected chi connectivity index (χ0v) is 9.09. The second-order valence-corrected chi connectivity index (χ2v) is 3.81. The third kappa shape index (κ3) is 1.75. The number of fused-ring (bicyclic) bond motifs is 1. The van der Waals surface area contributed by atoms with E-state index in [1.54, 1.807) is 0 Å². The zero-order chi connectivity index (χ0) is 10.8. The molecule has 1 aromatic rings. The molecule has 0 unspecified atom stereocenters. The van der Waals surface area contributed by atoms with Crippen LogP contribution in [0.5, 0.6) is 0 Å². The van der Waals surface area contributed by atoms with E-state index < -0.39 is 0 Å². The first-order valence-electron chi connectivity index (χ1n) is 5.14. The molecule has 1 N–H and O–H groups in total. The summed E-state index contributed by atoms with van der Waals surface area (Å²) in [4.78, 5) is 11.7. The Morgan fingerprint density at radius 3 is 3.00 bits per heavy atom. The largest absolute Gasteiger partial charge is 0.465 e. The molecule has 0 aromatic heterocycles. The van der Waals surface area contributed by atoms with E-state index in [-0.39, 0.29) is 5.97 Å². The number of ether oxygens (including phenoxy) is 1. The van der Waals surface area contributed by atoms with Gasteiger partial charge in [-0.15, -0.1) is 0 Å². The van der Waals surface area contributed by atoms with Crippen LogP contribution in [-0.4, -0.2) is 19.6 Å². The highest BCUT2D eigenvalue weighted by atomic mass is 16.5. The third-order valence-corrected chi connectivity index (χ3v) is 2.87. The summed E-state index contributed by atoms with van der Waals surface area (Å²) in [6.45, 7) is 3.73. The van der Waals surface area contributed by atoms with E-state index in [0.717, 1.165) is 36.2 Å². The Kier molecular flexibility index (Phi) is 2.73. The van der Waals surface area contributed by atoms with E-state index in [1.807, 2.05) is 13.0 Å². The quantitative estimate of drug-likeness (QED) is 0.705. The molecule has 0 saturated heterocycles. The van der Waals surface area contributed by atoms with Gasteiger partial charge in [-0.1, -0.05) is 12.1 Å². The summed E-state index contributed by atoms with van der Waals surface area (Å²) in [6, 6.07) is 4.07. The van der Waals surface area contributed by atoms with Gasteiger partial charge in [0.15, 0.2) is 0 Å². The number of carbonyl (C=O) groups is 1. The molecule has 0 spiro atoms. The van der Waals surface area contributed by atoms with Crippen molar-refractivity contribution in [2.24, 2.45) is 0 Å². The van der Waals surface area contributed by atoms with Crippen LogP contribution >= 0.6 is 0 Å². The van der Waals surface area contributed by atoms with Crippen LogP contribution in [-0.2, 0) is 17.7 Å². The number of carbonyl (C=O) groups excluding carboxylic acids is 1. The second kappa shape index (κ2) is 4.03. The van der Waals surface area contributed by atoms with Gasteiger partial charge in [0.05, 0.1) is 12.7 Å². The van der Waals surface area contributed by atoms with Crippen LogP contribution in [0.15, 0.2) is 12.1 Å². The Morgan fingerprint density at radius 2 is 2.27 bits per heavy atom. The maximum absolute atomic E-state index is 11.7. The topological polar surface area (TPSA) is 38.3 Å². The van der Waals surface area contributed by atoms with Crippen LogP contribution in [0.25, 0.3) is 0 Å². The summed E-state index contributed by atoms with van der Waals surface area (Å²) in [5.74, 6) is -0.216. The Morgan fingerprint density at radius 1 is 1.47 bits per heavy atom. The predicted octanol–water partition coefficient (Wildman–Crippen LogP) is 1.43. The molecule has 0 fully saturated rings. The zero-order valence-electron chi connectivity index (χ0n) is 9.09. The molecular weight excluding hydrogens is 190 g/mol. The summed E-state index contributed by atoms with van der Waals surface area (Å²) in [5.41, 5.74) is 4.13. The minimum Gasteiger partial charge on any atom is -0.465 e. The van der Waals surface area contributed by atoms with Crippen molar-refractivity contribution in [3.8, 4) is 0 Å². The first kappa shape index (κ1) is 10.2. The van der Waals surface area contributed by atoms with Crippen molar-refractivity contribution in [1.82, 2.24) is 5.32 Å². The highest BCUT2D eigenvalue weighted by molar-refractivity contribution is 5.93. The molecule has 3 heteroatoms. The van der Waals surface area contributed by atoms with E-state index in [9.17, 15) is 4.79 Å². The fourth-order valence-corrected chi connectivity index (χ4v) is 2.08. The molecule has 0 bridgehead atoms. The van der Waals surface area contributed by atoms with E-state index in [1.165, 1.54) is 12.7 Å². The summed E-state index contributed by atoms with van der Waals surface area (Å²) in [7, 11) is 1.43. The number of hydrogen-bond acceptors (Lipinski definition) is 3. The molecule has 1 aliphatic rings. The molecule has 0 radical (unpaired) electrons. The number of hydrogen-bond donors (Lipinski definition) is 1. The number of esters is 1. The van der Waals surface area contributed by atoms with Gasteiger partial charge >= 0.3 is 5.97 Å². The number of benzene rings is 1. The standard InChI is InChI=1S/C12H15NO2/c1-8-3-4-9-7-13-6-5-10(9)11(8)12(14)15-2/h3-4,13H,5-7H2,1-2H3. The first-order valence-corrected chi connectivity index (χ1v) is 5.14. The van der Waals surface area contributed by atoms with Gasteiger partial charge in [-0.2, -0.15) is 0 Å². The summed E-state index contributed by atoms with van der Waals surface area (Å²) in [5, 5.41) is 3.29. The molecule has 1 aromatic carbocycles. The molecule has 15 heavy (non-hydrogen) atoms. The lowest BCUT2D eigenvalue weighted by Crippen LogP contribution is -2.26. The Labute approximate surface area is 89.4 Å². The van der Waals surface area contributed by atoms with Gasteiger partial charge in [0.1, 0.15) is 0 Å². The molecular formula is C12H15NO2. The van der Waals surface area contributed by atoms with Crippen LogP contribution in [0, 0.1) is 6.92 Å². The highest BCUT2D eigenvalue weighted by Gasteiger charge is 2.19. The Hall–Kier alpha value is -1.35. The summed E-state index contributed by atoms with van der Waals surface area (Å²) < 4.78 is 4.82. The van der Waals surface area contributed by atoms with Gasteiger partial charge in [0, 0.05) is 6.54 Å². The number of methoxy groups -OCH3 is 1. The molecule has 0 aliphatic carbocycles. The fraction of sp³-hybridized carbons (Fsp3) is 0.417. The maximum Gasteiger partial charge on any atom is 0.338 e. The molecule has 80 valence electrons. The van der Waals surface area contributed by atoms with Crippen LogP contribution in [0.3, 0.4) is 0 Å². The Balaban J connectivity index is 2.55. The van der Waals surface area contributed by atoms with Crippen molar-refractivity contribution in [2.45, 2.75) is 19.9 Å². The molecule has 3 nitrogen and oxygen atoms in total. The van der Waals surface area contributed by atoms with Crippen molar-refractivity contribution in [3.05, 3.63) is 34.4 Å². The lowest BCUT2D eigenvalue weighted by atomic mass is 9.92. The van der Waals surface area contributed by atoms with E-state index in [4.69, 9.17) is 4.74 Å². The summed E-state index contributed by atoms with van der Waals surface area (Å²) >= 11 is 0. The molecule has 0 atom stereocenters. The van der Waals surface area contributed by atoms with Crippen molar-refractivity contribution < 1.29 is 9.53 Å². The van der Waals surface area contributed by atoms with Gasteiger partial charge in [0.25, 0.3) is 0 Å². The summed E-state index contributed by atoms with van der Waals surface area (Å²) in [6.07, 6.45) is 0.904. The molecule has 0 amide bonds. The smallest absolute Gasteiger partial charge is 0.338 e. The predicted molar refractivity (Wildman–Crippen MR) is 57.9 cm³/mol. The number of rotatable bonds is 1. The maximum atomic E-state index is 11.7. The van der Waals surface area contributed by atoms with Gasteiger partial charge in [0.2, 0.25) is 0 Å². The lowest BCUT2D eigenvalue weighted by Gasteiger charge is -2.20. The third-order valence-electron chi connectivity index (χ3n) is 2.87. The minimum atomic E-state index is -0.216. The van der Waals surface area contributed by atoms with Crippen LogP contribution < -0.4 is 5.32 Å². The van der Waals surface area contributed by atoms with Crippen LogP contribution in [0.2, 0.25) is 0 Å². The van der Waals surface area contributed by atoms with Gasteiger partial charge in [-0.3, -0.25) is 0 Å². The van der Waals surface area contributed by atoms with E-state index >= 15 is 0 Å². The van der Waals surface area contributed by atoms with Gasteiger partial charge in [-0.25, -0.2) is 4.79 Å². The van der Waals surface area contributed by atoms with Gasteiger partial charge < -0.3 is 10.1 Å². The normalized spacial score (nSPS) is 14.5. The monoisotopic (exact) mass is 205 g/mol. The number of aryl methyl sites for hydroxylation is 1. The average Bonchev–Trinajstić information content (AvgIpc) is 2.28. The van der Waals surface area contributed by atoms with Crippen molar-refractivity contribution in [2.75, 3.05) is 13.7 Å². The molecule has 2 rings (SSSR count). The van der Waals surface area contributed by atoms with Crippen molar-refractivity contribution in [3.63, 3.8) is 0 Å². The second-order valence-electron chi connectivity index (χ2n) is 3.81. The van der Waals surface area contributed by atoms with E-state index in [2.05, 4.69) is 11.4 Å². The van der Waals surface area contributed by atoms with Gasteiger partial charge in [-0.05, 0) is 36.6 Å². The average molecular weight is 205 g/mol. The minimum absolute atomic E-state index is 0.216. The Bertz CT molecular complexity index is 399. The van der Waals surface area contributed by atoms with Crippen LogP contribution in [0.4, 0.5) is 0 Å². The SMILES string of the molecule is COC(=O)c1c(C)ccc2c1CCNC2. The number of nitrogens with one attached hydrogen (secondary N) is 1. The van der Waals surface area contributed by atoms with Crippen molar-refractivity contribution in [1.29, 1.82) is 0 Å². The lowest BCUT2D eigenvalue weighted by molar-refractivity contribution is 0.0598. The van der Waals surface area contributed by atoms with Crippen LogP contribution in [0.1, 0.15) is 27.0 Å². The van der Waals surface area contributed by atoms with E-state index in [0.29, 0.717) is 0 Å². The van der Waals surface area contributed by atoms with Crippen molar-refractivity contribution >= 4 is 5.97 Å². The molecule has 0 saturated carbocycles. The fourth-order valence-electron chi connectivity index (χ4n) is 2.08. The first-order chi connectivity index (χ1) is 7.24. The highest BCUT2D eigenvalue weighted by Crippen LogP contribution is 2.22. The molecule has 1 heterocycles.